The molecule has 0 spiro atoms. The molecule has 0 aliphatic heterocycles. The Balaban J connectivity index is 0.00000121. The van der Waals surface area contributed by atoms with Gasteiger partial charge in [0, 0.05) is 5.02 Å². The van der Waals surface area contributed by atoms with Crippen molar-refractivity contribution < 1.29 is 0 Å². The Labute approximate surface area is 84.3 Å². The fourth-order valence-electron chi connectivity index (χ4n) is 1.03. The van der Waals surface area contributed by atoms with E-state index in [4.69, 9.17) is 17.3 Å². The van der Waals surface area contributed by atoms with Crippen LogP contribution in [0.1, 0.15) is 11.1 Å². The maximum atomic E-state index is 5.85. The van der Waals surface area contributed by atoms with Crippen LogP contribution in [0.4, 0.5) is 0 Å². The van der Waals surface area contributed by atoms with Crippen molar-refractivity contribution >= 4 is 24.0 Å². The van der Waals surface area contributed by atoms with Crippen LogP contribution in [-0.4, -0.2) is 6.54 Å². The van der Waals surface area contributed by atoms with Crippen LogP contribution in [0, 0.1) is 6.92 Å². The lowest BCUT2D eigenvalue weighted by Crippen LogP contribution is -2.02. The molecule has 0 bridgehead atoms. The highest BCUT2D eigenvalue weighted by Crippen LogP contribution is 2.16. The summed E-state index contributed by atoms with van der Waals surface area (Å²) in [4.78, 5) is 0. The minimum Gasteiger partial charge on any atom is -0.330 e. The molecule has 68 valence electrons. The molecular formula is C9H13Cl2N. The second-order valence-corrected chi connectivity index (χ2v) is 3.03. The normalized spacial score (nSPS) is 9.25. The molecule has 2 N–H and O–H groups in total. The van der Waals surface area contributed by atoms with Gasteiger partial charge in [-0.25, -0.2) is 0 Å². The molecule has 0 saturated carbocycles. The topological polar surface area (TPSA) is 26.0 Å². The van der Waals surface area contributed by atoms with E-state index >= 15 is 0 Å². The molecule has 0 amide bonds. The van der Waals surface area contributed by atoms with E-state index in [1.807, 2.05) is 19.1 Å². The largest absolute Gasteiger partial charge is 0.330 e. The Morgan fingerprint density at radius 1 is 1.42 bits per heavy atom. The number of nitrogens with two attached hydrogens (primary N) is 1. The van der Waals surface area contributed by atoms with E-state index in [0.717, 1.165) is 17.0 Å². The highest BCUT2D eigenvalue weighted by atomic mass is 35.5. The molecule has 12 heavy (non-hydrogen) atoms. The number of hydrogen-bond donors (Lipinski definition) is 1. The lowest BCUT2D eigenvalue weighted by atomic mass is 10.1. The summed E-state index contributed by atoms with van der Waals surface area (Å²) < 4.78 is 0. The Bertz CT molecular complexity index is 248. The molecule has 0 aliphatic carbocycles. The summed E-state index contributed by atoms with van der Waals surface area (Å²) in [6.45, 7) is 2.70. The first-order chi connectivity index (χ1) is 5.24. The summed E-state index contributed by atoms with van der Waals surface area (Å²) in [6.07, 6.45) is 0.929. The molecule has 1 aromatic carbocycles. The molecule has 1 aromatic rings. The van der Waals surface area contributed by atoms with Crippen LogP contribution >= 0.6 is 24.0 Å². The summed E-state index contributed by atoms with van der Waals surface area (Å²) in [6, 6.07) is 6.01. The van der Waals surface area contributed by atoms with E-state index in [1.165, 1.54) is 5.56 Å². The van der Waals surface area contributed by atoms with E-state index in [-0.39, 0.29) is 12.4 Å². The first kappa shape index (κ1) is 11.8. The van der Waals surface area contributed by atoms with Gasteiger partial charge in [0.1, 0.15) is 0 Å². The van der Waals surface area contributed by atoms with Crippen molar-refractivity contribution in [3.8, 4) is 0 Å². The minimum atomic E-state index is 0. The molecule has 0 aliphatic rings. The fraction of sp³-hybridized carbons (Fsp3) is 0.333. The van der Waals surface area contributed by atoms with Crippen molar-refractivity contribution in [1.29, 1.82) is 0 Å². The Hall–Kier alpha value is -0.240. The van der Waals surface area contributed by atoms with Crippen LogP contribution < -0.4 is 5.73 Å². The maximum absolute atomic E-state index is 5.85. The number of rotatable bonds is 2. The van der Waals surface area contributed by atoms with Gasteiger partial charge in [0.2, 0.25) is 0 Å². The van der Waals surface area contributed by atoms with Crippen LogP contribution in [0.5, 0.6) is 0 Å². The van der Waals surface area contributed by atoms with Gasteiger partial charge in [0.15, 0.2) is 0 Å². The van der Waals surface area contributed by atoms with Gasteiger partial charge in [-0.3, -0.25) is 0 Å². The second kappa shape index (κ2) is 5.41. The van der Waals surface area contributed by atoms with Gasteiger partial charge in [-0.05, 0) is 37.1 Å². The third-order valence-corrected chi connectivity index (χ3v) is 2.08. The van der Waals surface area contributed by atoms with Crippen LogP contribution in [0.2, 0.25) is 5.02 Å². The van der Waals surface area contributed by atoms with Gasteiger partial charge in [-0.2, -0.15) is 0 Å². The van der Waals surface area contributed by atoms with Crippen LogP contribution in [0.25, 0.3) is 0 Å². The van der Waals surface area contributed by atoms with Crippen molar-refractivity contribution in [3.05, 3.63) is 34.3 Å². The van der Waals surface area contributed by atoms with Crippen molar-refractivity contribution in [2.24, 2.45) is 5.73 Å². The molecule has 0 heterocycles. The molecule has 0 fully saturated rings. The summed E-state index contributed by atoms with van der Waals surface area (Å²) in [7, 11) is 0. The number of benzene rings is 1. The van der Waals surface area contributed by atoms with Gasteiger partial charge in [-0.1, -0.05) is 23.7 Å². The third-order valence-electron chi connectivity index (χ3n) is 1.66. The smallest absolute Gasteiger partial charge is 0.0435 e. The van der Waals surface area contributed by atoms with Crippen molar-refractivity contribution in [3.63, 3.8) is 0 Å². The minimum absolute atomic E-state index is 0. The second-order valence-electron chi connectivity index (χ2n) is 2.62. The summed E-state index contributed by atoms with van der Waals surface area (Å²) in [5, 5.41) is 0.825. The molecule has 3 heteroatoms. The lowest BCUT2D eigenvalue weighted by molar-refractivity contribution is 0.967. The monoisotopic (exact) mass is 205 g/mol. The van der Waals surface area contributed by atoms with E-state index in [2.05, 4.69) is 6.07 Å². The van der Waals surface area contributed by atoms with Gasteiger partial charge < -0.3 is 5.73 Å². The fourth-order valence-corrected chi connectivity index (χ4v) is 1.15. The SMILES string of the molecule is Cc1cc(CCN)ccc1Cl.Cl. The van der Waals surface area contributed by atoms with Crippen LogP contribution in [0.15, 0.2) is 18.2 Å². The third kappa shape index (κ3) is 3.02. The number of hydrogen-bond acceptors (Lipinski definition) is 1. The van der Waals surface area contributed by atoms with Crippen LogP contribution in [-0.2, 0) is 6.42 Å². The predicted octanol–water partition coefficient (Wildman–Crippen LogP) is 2.57. The quantitative estimate of drug-likeness (QED) is 0.790. The zero-order chi connectivity index (χ0) is 8.27. The van der Waals surface area contributed by atoms with Gasteiger partial charge >= 0.3 is 0 Å². The lowest BCUT2D eigenvalue weighted by Gasteiger charge is -2.01. The summed E-state index contributed by atoms with van der Waals surface area (Å²) in [5.41, 5.74) is 7.80. The molecule has 0 atom stereocenters. The average molecular weight is 206 g/mol. The number of halogens is 2. The first-order valence-electron chi connectivity index (χ1n) is 3.69. The predicted molar refractivity (Wildman–Crippen MR) is 56.2 cm³/mol. The van der Waals surface area contributed by atoms with Crippen molar-refractivity contribution in [2.75, 3.05) is 6.54 Å². The summed E-state index contributed by atoms with van der Waals surface area (Å²) >= 11 is 5.85. The standard InChI is InChI=1S/C9H12ClN.ClH/c1-7-6-8(4-5-11)2-3-9(7)10;/h2-3,6H,4-5,11H2,1H3;1H. The Morgan fingerprint density at radius 2 is 2.08 bits per heavy atom. The van der Waals surface area contributed by atoms with Crippen molar-refractivity contribution in [1.82, 2.24) is 0 Å². The molecular weight excluding hydrogens is 193 g/mol. The highest BCUT2D eigenvalue weighted by Gasteiger charge is 1.95. The highest BCUT2D eigenvalue weighted by molar-refractivity contribution is 6.31. The van der Waals surface area contributed by atoms with Crippen molar-refractivity contribution in [2.45, 2.75) is 13.3 Å². The van der Waals surface area contributed by atoms with Gasteiger partial charge in [0.05, 0.1) is 0 Å². The van der Waals surface area contributed by atoms with E-state index in [0.29, 0.717) is 6.54 Å². The molecule has 0 unspecified atom stereocenters. The molecule has 0 radical (unpaired) electrons. The van der Waals surface area contributed by atoms with Gasteiger partial charge in [0.25, 0.3) is 0 Å². The molecule has 1 nitrogen and oxygen atoms in total. The van der Waals surface area contributed by atoms with Crippen LogP contribution in [0.3, 0.4) is 0 Å². The van der Waals surface area contributed by atoms with E-state index in [1.54, 1.807) is 0 Å². The van der Waals surface area contributed by atoms with Gasteiger partial charge in [-0.15, -0.1) is 12.4 Å². The molecule has 0 aromatic heterocycles. The summed E-state index contributed by atoms with van der Waals surface area (Å²) in [5.74, 6) is 0. The zero-order valence-corrected chi connectivity index (χ0v) is 8.58. The van der Waals surface area contributed by atoms with E-state index < -0.39 is 0 Å². The number of aryl methyl sites for hydroxylation is 1. The molecule has 1 rings (SSSR count). The Morgan fingerprint density at radius 3 is 2.58 bits per heavy atom. The first-order valence-corrected chi connectivity index (χ1v) is 4.07. The molecule has 0 saturated heterocycles. The zero-order valence-electron chi connectivity index (χ0n) is 7.01. The maximum Gasteiger partial charge on any atom is 0.0435 e. The average Bonchev–Trinajstić information content (AvgIpc) is 1.98. The van der Waals surface area contributed by atoms with E-state index in [9.17, 15) is 0 Å². The Kier molecular flexibility index (Phi) is 5.31.